The molecule has 1 N–H and O–H groups in total. The van der Waals surface area contributed by atoms with E-state index in [1.54, 1.807) is 4.90 Å². The number of carbonyl (C=O) groups excluding carboxylic acids is 2. The topological polar surface area (TPSA) is 58.6 Å². The Morgan fingerprint density at radius 3 is 2.53 bits per heavy atom. The quantitative estimate of drug-likeness (QED) is 0.800. The first-order valence-electron chi connectivity index (χ1n) is 10.8. The molecule has 0 aromatic heterocycles. The lowest BCUT2D eigenvalue weighted by molar-refractivity contribution is -0.167. The zero-order valence-corrected chi connectivity index (χ0v) is 17.8. The molecular weight excluding hydrogens is 376 g/mol. The Labute approximate surface area is 178 Å². The summed E-state index contributed by atoms with van der Waals surface area (Å²) in [7, 11) is 0. The van der Waals surface area contributed by atoms with Crippen molar-refractivity contribution in [3.8, 4) is 11.1 Å². The van der Waals surface area contributed by atoms with Gasteiger partial charge in [-0.2, -0.15) is 0 Å². The van der Waals surface area contributed by atoms with E-state index in [0.29, 0.717) is 19.6 Å². The minimum absolute atomic E-state index is 0.0694. The van der Waals surface area contributed by atoms with Crippen LogP contribution in [0.2, 0.25) is 0 Å². The second-order valence-electron chi connectivity index (χ2n) is 8.75. The first-order chi connectivity index (χ1) is 14.5. The third-order valence-corrected chi connectivity index (χ3v) is 5.84. The maximum absolute atomic E-state index is 13.3. The van der Waals surface area contributed by atoms with E-state index in [1.807, 2.05) is 44.2 Å². The van der Waals surface area contributed by atoms with Gasteiger partial charge in [0.15, 0.2) is 5.60 Å². The molecule has 2 aromatic carbocycles. The lowest BCUT2D eigenvalue weighted by atomic mass is 9.89. The normalized spacial score (nSPS) is 21.5. The molecule has 30 heavy (non-hydrogen) atoms. The Balaban J connectivity index is 1.62. The summed E-state index contributed by atoms with van der Waals surface area (Å²) in [4.78, 5) is 27.8. The average molecular weight is 407 g/mol. The highest BCUT2D eigenvalue weighted by molar-refractivity contribution is 5.88. The first kappa shape index (κ1) is 20.6. The third kappa shape index (κ3) is 4.57. The number of hydrogen-bond donors (Lipinski definition) is 1. The fourth-order valence-electron chi connectivity index (χ4n) is 4.03. The van der Waals surface area contributed by atoms with Gasteiger partial charge in [0.25, 0.3) is 5.91 Å². The van der Waals surface area contributed by atoms with Crippen LogP contribution in [0.3, 0.4) is 0 Å². The van der Waals surface area contributed by atoms with Crippen LogP contribution in [0.1, 0.15) is 32.3 Å². The molecule has 1 saturated carbocycles. The van der Waals surface area contributed by atoms with Gasteiger partial charge < -0.3 is 15.0 Å². The molecule has 2 fully saturated rings. The van der Waals surface area contributed by atoms with Crippen molar-refractivity contribution < 1.29 is 14.3 Å². The standard InChI is InChI=1S/C25H30N2O3/c1-18(2)23(28)27-13-14-30-25(17-27,24(29)26-22-11-12-22)16-19-7-6-10-21(15-19)20-8-4-3-5-9-20/h3-10,15,18,22H,11-14,16-17H2,1-2H3,(H,26,29)/t25-/m1/s1. The van der Waals surface area contributed by atoms with Gasteiger partial charge in [-0.15, -0.1) is 0 Å². The second-order valence-corrected chi connectivity index (χ2v) is 8.75. The largest absolute Gasteiger partial charge is 0.361 e. The van der Waals surface area contributed by atoms with E-state index in [9.17, 15) is 9.59 Å². The van der Waals surface area contributed by atoms with Gasteiger partial charge >= 0.3 is 0 Å². The van der Waals surface area contributed by atoms with Crippen LogP contribution in [0.4, 0.5) is 0 Å². The number of rotatable bonds is 6. The van der Waals surface area contributed by atoms with Crippen molar-refractivity contribution in [2.45, 2.75) is 44.8 Å². The molecule has 1 aliphatic heterocycles. The van der Waals surface area contributed by atoms with Gasteiger partial charge in [-0.05, 0) is 29.5 Å². The Morgan fingerprint density at radius 2 is 1.83 bits per heavy atom. The van der Waals surface area contributed by atoms with Gasteiger partial charge in [-0.3, -0.25) is 9.59 Å². The molecule has 158 valence electrons. The van der Waals surface area contributed by atoms with Crippen LogP contribution < -0.4 is 5.32 Å². The lowest BCUT2D eigenvalue weighted by Gasteiger charge is -2.42. The number of hydrogen-bond acceptors (Lipinski definition) is 3. The average Bonchev–Trinajstić information content (AvgIpc) is 3.58. The lowest BCUT2D eigenvalue weighted by Crippen LogP contribution is -2.62. The van der Waals surface area contributed by atoms with Crippen molar-refractivity contribution in [3.05, 3.63) is 60.2 Å². The van der Waals surface area contributed by atoms with Gasteiger partial charge in [-0.1, -0.05) is 68.4 Å². The molecule has 4 rings (SSSR count). The molecular formula is C25H30N2O3. The minimum Gasteiger partial charge on any atom is -0.361 e. The molecule has 2 amide bonds. The van der Waals surface area contributed by atoms with E-state index in [0.717, 1.165) is 29.5 Å². The van der Waals surface area contributed by atoms with Crippen LogP contribution >= 0.6 is 0 Å². The van der Waals surface area contributed by atoms with Crippen molar-refractivity contribution in [2.24, 2.45) is 5.92 Å². The predicted octanol–water partition coefficient (Wildman–Crippen LogP) is 3.43. The molecule has 1 saturated heterocycles. The summed E-state index contributed by atoms with van der Waals surface area (Å²) in [5.41, 5.74) is 2.22. The van der Waals surface area contributed by atoms with Crippen molar-refractivity contribution in [3.63, 3.8) is 0 Å². The molecule has 1 heterocycles. The highest BCUT2D eigenvalue weighted by Crippen LogP contribution is 2.29. The van der Waals surface area contributed by atoms with Crippen LogP contribution in [0, 0.1) is 5.92 Å². The van der Waals surface area contributed by atoms with Crippen LogP contribution in [-0.4, -0.2) is 48.1 Å². The second kappa shape index (κ2) is 8.60. The number of benzene rings is 2. The highest BCUT2D eigenvalue weighted by atomic mass is 16.5. The molecule has 0 radical (unpaired) electrons. The monoisotopic (exact) mass is 406 g/mol. The predicted molar refractivity (Wildman–Crippen MR) is 117 cm³/mol. The number of nitrogens with one attached hydrogen (secondary N) is 1. The number of carbonyl (C=O) groups is 2. The molecule has 5 nitrogen and oxygen atoms in total. The van der Waals surface area contributed by atoms with E-state index >= 15 is 0 Å². The first-order valence-corrected chi connectivity index (χ1v) is 10.8. The summed E-state index contributed by atoms with van der Waals surface area (Å²) >= 11 is 0. The van der Waals surface area contributed by atoms with Crippen molar-refractivity contribution in [2.75, 3.05) is 19.7 Å². The minimum atomic E-state index is -1.05. The Bertz CT molecular complexity index is 908. The van der Waals surface area contributed by atoms with Gasteiger partial charge in [-0.25, -0.2) is 0 Å². The summed E-state index contributed by atoms with van der Waals surface area (Å²) < 4.78 is 6.16. The van der Waals surface area contributed by atoms with Crippen molar-refractivity contribution >= 4 is 11.8 Å². The Morgan fingerprint density at radius 1 is 1.10 bits per heavy atom. The van der Waals surface area contributed by atoms with E-state index in [4.69, 9.17) is 4.74 Å². The summed E-state index contributed by atoms with van der Waals surface area (Å²) in [5.74, 6) is -0.134. The number of amides is 2. The fraction of sp³-hybridized carbons (Fsp3) is 0.440. The van der Waals surface area contributed by atoms with Crippen LogP contribution in [-0.2, 0) is 20.7 Å². The molecule has 1 atom stereocenters. The number of nitrogens with zero attached hydrogens (tertiary/aromatic N) is 1. The summed E-state index contributed by atoms with van der Waals surface area (Å²) in [5, 5.41) is 3.12. The zero-order valence-electron chi connectivity index (χ0n) is 17.8. The highest BCUT2D eigenvalue weighted by Gasteiger charge is 2.46. The van der Waals surface area contributed by atoms with Crippen LogP contribution in [0.25, 0.3) is 11.1 Å². The molecule has 0 unspecified atom stereocenters. The molecule has 2 aromatic rings. The van der Waals surface area contributed by atoms with Gasteiger partial charge in [0.2, 0.25) is 5.91 Å². The smallest absolute Gasteiger partial charge is 0.254 e. The van der Waals surface area contributed by atoms with E-state index < -0.39 is 5.60 Å². The molecule has 2 aliphatic rings. The van der Waals surface area contributed by atoms with Crippen LogP contribution in [0.15, 0.2) is 54.6 Å². The van der Waals surface area contributed by atoms with Gasteiger partial charge in [0.05, 0.1) is 13.2 Å². The summed E-state index contributed by atoms with van der Waals surface area (Å²) in [6.45, 7) is 4.98. The molecule has 5 heteroatoms. The number of morpholine rings is 1. The SMILES string of the molecule is CC(C)C(=O)N1CCO[C@@](Cc2cccc(-c3ccccc3)c2)(C(=O)NC2CC2)C1. The Kier molecular flexibility index (Phi) is 5.91. The van der Waals surface area contributed by atoms with Crippen LogP contribution in [0.5, 0.6) is 0 Å². The third-order valence-electron chi connectivity index (χ3n) is 5.84. The summed E-state index contributed by atoms with van der Waals surface area (Å²) in [6.07, 6.45) is 2.47. The molecule has 0 bridgehead atoms. The summed E-state index contributed by atoms with van der Waals surface area (Å²) in [6, 6.07) is 18.7. The maximum Gasteiger partial charge on any atom is 0.254 e. The van der Waals surface area contributed by atoms with E-state index in [1.165, 1.54) is 0 Å². The molecule has 0 spiro atoms. The van der Waals surface area contributed by atoms with E-state index in [2.05, 4.69) is 29.6 Å². The van der Waals surface area contributed by atoms with E-state index in [-0.39, 0.29) is 30.3 Å². The number of ether oxygens (including phenoxy) is 1. The zero-order chi connectivity index (χ0) is 21.1. The van der Waals surface area contributed by atoms with Gasteiger partial charge in [0, 0.05) is 24.9 Å². The maximum atomic E-state index is 13.3. The van der Waals surface area contributed by atoms with Crippen molar-refractivity contribution in [1.82, 2.24) is 10.2 Å². The van der Waals surface area contributed by atoms with Gasteiger partial charge in [0.1, 0.15) is 0 Å². The van der Waals surface area contributed by atoms with Crippen molar-refractivity contribution in [1.29, 1.82) is 0 Å². The Hall–Kier alpha value is -2.66. The fourth-order valence-corrected chi connectivity index (χ4v) is 4.03. The molecule has 1 aliphatic carbocycles.